The SMILES string of the molecule is [2H]C(C)(C)C(=O)O.[2H]C([2H])([2H])C([2H])(C(=O)O)C([2H])([2H])[2H]. The molecule has 0 aromatic rings. The van der Waals surface area contributed by atoms with Crippen molar-refractivity contribution in [2.45, 2.75) is 27.6 Å². The number of carboxylic acids is 2. The average molecular weight is 184 g/mol. The van der Waals surface area contributed by atoms with Crippen LogP contribution in [0.1, 0.15) is 38.5 Å². The van der Waals surface area contributed by atoms with E-state index in [0.717, 1.165) is 0 Å². The Morgan fingerprint density at radius 3 is 1.42 bits per heavy atom. The lowest BCUT2D eigenvalue weighted by atomic mass is 10.2. The molecule has 4 nitrogen and oxygen atoms in total. The Labute approximate surface area is 83.5 Å². The summed E-state index contributed by atoms with van der Waals surface area (Å²) in [6.07, 6.45) is 0. The van der Waals surface area contributed by atoms with Crippen molar-refractivity contribution in [3.63, 3.8) is 0 Å². The molecule has 0 saturated heterocycles. The van der Waals surface area contributed by atoms with E-state index in [9.17, 15) is 9.59 Å². The normalized spacial score (nSPS) is 22.8. The van der Waals surface area contributed by atoms with E-state index >= 15 is 0 Å². The summed E-state index contributed by atoms with van der Waals surface area (Å²) in [6.45, 7) is -4.11. The second-order valence-corrected chi connectivity index (χ2v) is 1.99. The Morgan fingerprint density at radius 2 is 1.42 bits per heavy atom. The molecule has 0 rings (SSSR count). The largest absolute Gasteiger partial charge is 0.481 e. The Hall–Kier alpha value is -1.06. The highest BCUT2D eigenvalue weighted by Gasteiger charge is 1.99. The Kier molecular flexibility index (Phi) is 2.08. The summed E-state index contributed by atoms with van der Waals surface area (Å²) in [4.78, 5) is 20.2. The summed E-state index contributed by atoms with van der Waals surface area (Å²) < 4.78 is 53.8. The first-order valence-corrected chi connectivity index (χ1v) is 2.86. The Bertz CT molecular complexity index is 350. The second kappa shape index (κ2) is 6.64. The van der Waals surface area contributed by atoms with Gasteiger partial charge in [-0.2, -0.15) is 0 Å². The van der Waals surface area contributed by atoms with E-state index in [4.69, 9.17) is 21.2 Å². The molecule has 0 spiro atoms. The van der Waals surface area contributed by atoms with E-state index in [2.05, 4.69) is 0 Å². The third-order valence-electron chi connectivity index (χ3n) is 0.642. The van der Waals surface area contributed by atoms with Gasteiger partial charge in [-0.05, 0) is 0 Å². The van der Waals surface area contributed by atoms with E-state index in [1.807, 2.05) is 0 Å². The van der Waals surface area contributed by atoms with E-state index < -0.39 is 37.4 Å². The number of hydrogen-bond donors (Lipinski definition) is 2. The predicted octanol–water partition coefficient (Wildman–Crippen LogP) is 1.45. The van der Waals surface area contributed by atoms with Crippen molar-refractivity contribution < 1.29 is 30.8 Å². The molecule has 0 radical (unpaired) electrons. The van der Waals surface area contributed by atoms with Crippen LogP contribution in [-0.4, -0.2) is 22.2 Å². The summed E-state index contributed by atoms with van der Waals surface area (Å²) in [5, 5.41) is 16.5. The Morgan fingerprint density at radius 1 is 1.17 bits per heavy atom. The first-order valence-electron chi connectivity index (χ1n) is 6.86. The quantitative estimate of drug-likeness (QED) is 0.681. The van der Waals surface area contributed by atoms with Gasteiger partial charge in [0.1, 0.15) is 0 Å². The fourth-order valence-corrected chi connectivity index (χ4v) is 0. The molecule has 4 heteroatoms. The third kappa shape index (κ3) is 11.7. The van der Waals surface area contributed by atoms with Crippen LogP contribution in [0.4, 0.5) is 0 Å². The second-order valence-electron chi connectivity index (χ2n) is 1.99. The summed E-state index contributed by atoms with van der Waals surface area (Å²) >= 11 is 0. The van der Waals surface area contributed by atoms with Crippen LogP contribution in [0.15, 0.2) is 0 Å². The fraction of sp³-hybridized carbons (Fsp3) is 0.750. The van der Waals surface area contributed by atoms with Crippen LogP contribution >= 0.6 is 0 Å². The van der Waals surface area contributed by atoms with Gasteiger partial charge < -0.3 is 10.2 Å². The van der Waals surface area contributed by atoms with Crippen LogP contribution < -0.4 is 0 Å². The minimum Gasteiger partial charge on any atom is -0.481 e. The Balaban J connectivity index is 0. The maximum absolute atomic E-state index is 10.4. The van der Waals surface area contributed by atoms with E-state index in [-0.39, 0.29) is 0 Å². The minimum atomic E-state index is -3.46. The van der Waals surface area contributed by atoms with Crippen LogP contribution in [0.2, 0.25) is 0 Å². The van der Waals surface area contributed by atoms with Gasteiger partial charge in [-0.25, -0.2) is 0 Å². The molecule has 0 aromatic heterocycles. The highest BCUT2D eigenvalue weighted by molar-refractivity contribution is 5.69. The molecule has 0 atom stereocenters. The molecular formula is C8H16O4. The third-order valence-corrected chi connectivity index (χ3v) is 0.642. The van der Waals surface area contributed by atoms with Gasteiger partial charge >= 0.3 is 11.9 Å². The maximum Gasteiger partial charge on any atom is 0.305 e. The van der Waals surface area contributed by atoms with Gasteiger partial charge in [-0.15, -0.1) is 0 Å². The van der Waals surface area contributed by atoms with Crippen LogP contribution in [-0.2, 0) is 9.59 Å². The lowest BCUT2D eigenvalue weighted by molar-refractivity contribution is -0.141. The first kappa shape index (κ1) is 3.77. The standard InChI is InChI=1S/2C4H8O2/c2*1-3(2)4(5)6/h2*3H,1-2H3,(H,5,6)/i1D3,2D3,3D;3D. The maximum atomic E-state index is 10.4. The highest BCUT2D eigenvalue weighted by atomic mass is 16.4. The van der Waals surface area contributed by atoms with Crippen molar-refractivity contribution in [1.29, 1.82) is 0 Å². The number of aliphatic carboxylic acids is 2. The predicted molar refractivity (Wildman–Crippen MR) is 44.9 cm³/mol. The molecule has 0 heterocycles. The van der Waals surface area contributed by atoms with E-state index in [0.29, 0.717) is 0 Å². The smallest absolute Gasteiger partial charge is 0.305 e. The molecule has 0 amide bonds. The monoisotopic (exact) mass is 184 g/mol. The molecule has 0 aliphatic heterocycles. The van der Waals surface area contributed by atoms with Crippen molar-refractivity contribution in [2.24, 2.45) is 11.8 Å². The summed E-state index contributed by atoms with van der Waals surface area (Å²) in [7, 11) is 0. The molecule has 72 valence electrons. The molecule has 0 aliphatic rings. The summed E-state index contributed by atoms with van der Waals surface area (Å²) in [5.74, 6) is -8.06. The number of carboxylic acid groups (broad SMARTS) is 2. The van der Waals surface area contributed by atoms with E-state index in [1.165, 1.54) is 13.8 Å². The zero-order valence-electron chi connectivity index (χ0n) is 14.7. The molecule has 12 heavy (non-hydrogen) atoms. The van der Waals surface area contributed by atoms with Crippen LogP contribution in [0.25, 0.3) is 0 Å². The number of carbonyl (C=O) groups is 2. The van der Waals surface area contributed by atoms with Crippen molar-refractivity contribution in [3.8, 4) is 0 Å². The van der Waals surface area contributed by atoms with Gasteiger partial charge in [0, 0.05) is 11.0 Å². The topological polar surface area (TPSA) is 74.6 Å². The van der Waals surface area contributed by atoms with Crippen molar-refractivity contribution in [1.82, 2.24) is 0 Å². The van der Waals surface area contributed by atoms with Gasteiger partial charge in [0.15, 0.2) is 0 Å². The van der Waals surface area contributed by atoms with Crippen molar-refractivity contribution >= 4 is 11.9 Å². The molecule has 0 bridgehead atoms. The number of hydrogen-bond acceptors (Lipinski definition) is 2. The molecule has 2 N–H and O–H groups in total. The first-order chi connectivity index (χ1) is 8.39. The lowest BCUT2D eigenvalue weighted by Gasteiger charge is -1.89. The molecule has 0 aliphatic carbocycles. The van der Waals surface area contributed by atoms with Gasteiger partial charge in [0.2, 0.25) is 0 Å². The molecule has 0 unspecified atom stereocenters. The molecule has 0 saturated carbocycles. The number of rotatable bonds is 2. The average Bonchev–Trinajstić information content (AvgIpc) is 2.11. The summed E-state index contributed by atoms with van der Waals surface area (Å²) in [5.41, 5.74) is 0. The summed E-state index contributed by atoms with van der Waals surface area (Å²) in [6, 6.07) is 0. The lowest BCUT2D eigenvalue weighted by Crippen LogP contribution is -2.03. The van der Waals surface area contributed by atoms with Crippen LogP contribution in [0.3, 0.4) is 0 Å². The van der Waals surface area contributed by atoms with Gasteiger partial charge in [-0.1, -0.05) is 27.6 Å². The van der Waals surface area contributed by atoms with Crippen molar-refractivity contribution in [2.75, 3.05) is 0 Å². The fourth-order valence-electron chi connectivity index (χ4n) is 0. The van der Waals surface area contributed by atoms with E-state index in [1.54, 1.807) is 0 Å². The molecule has 0 fully saturated rings. The van der Waals surface area contributed by atoms with Gasteiger partial charge in [0.25, 0.3) is 0 Å². The highest BCUT2D eigenvalue weighted by Crippen LogP contribution is 1.87. The van der Waals surface area contributed by atoms with Crippen LogP contribution in [0.5, 0.6) is 0 Å². The molecule has 0 aromatic carbocycles. The molecular weight excluding hydrogens is 160 g/mol. The van der Waals surface area contributed by atoms with Crippen molar-refractivity contribution in [3.05, 3.63) is 0 Å². The van der Waals surface area contributed by atoms with Gasteiger partial charge in [0.05, 0.1) is 11.8 Å². The van der Waals surface area contributed by atoms with Crippen LogP contribution in [0, 0.1) is 11.8 Å². The van der Waals surface area contributed by atoms with Gasteiger partial charge in [-0.3, -0.25) is 9.59 Å². The minimum absolute atomic E-state index is 1.09. The zero-order valence-corrected chi connectivity index (χ0v) is 6.71. The zero-order chi connectivity index (χ0) is 17.2.